The van der Waals surface area contributed by atoms with E-state index in [0.29, 0.717) is 29.7 Å². The Bertz CT molecular complexity index is 1770. The molecule has 0 spiro atoms. The van der Waals surface area contributed by atoms with Gasteiger partial charge in [0, 0.05) is 17.2 Å². The normalized spacial score (nSPS) is 17.9. The van der Waals surface area contributed by atoms with Crippen LogP contribution in [0, 0.1) is 5.82 Å². The average molecular weight is 635 g/mol. The lowest BCUT2D eigenvalue weighted by molar-refractivity contribution is -0.286. The number of aromatic nitrogens is 2. The molecular weight excluding hydrogens is 610 g/mol. The number of alkyl halides is 5. The summed E-state index contributed by atoms with van der Waals surface area (Å²) in [5.74, 6) is -1.33. The van der Waals surface area contributed by atoms with Crippen LogP contribution in [-0.2, 0) is 12.6 Å². The van der Waals surface area contributed by atoms with Crippen LogP contribution in [0.4, 0.5) is 26.3 Å². The highest BCUT2D eigenvalue weighted by atomic mass is 19.4. The molecule has 0 bridgehead atoms. The van der Waals surface area contributed by atoms with E-state index in [1.165, 1.54) is 61.5 Å². The maximum Gasteiger partial charge on any atom is 0.586 e. The molecule has 6 rings (SSSR count). The summed E-state index contributed by atoms with van der Waals surface area (Å²) in [7, 11) is 0. The smallest absolute Gasteiger partial charge is 0.484 e. The Labute approximate surface area is 251 Å². The van der Waals surface area contributed by atoms with Crippen molar-refractivity contribution >= 4 is 5.84 Å². The summed E-state index contributed by atoms with van der Waals surface area (Å²) in [6.45, 7) is 1.54. The van der Waals surface area contributed by atoms with Gasteiger partial charge in [-0.05, 0) is 80.3 Å². The zero-order valence-electron chi connectivity index (χ0n) is 23.3. The van der Waals surface area contributed by atoms with E-state index in [1.54, 1.807) is 0 Å². The Hall–Kier alpha value is -5.08. The second-order valence-electron chi connectivity index (χ2n) is 10.4. The number of hydrogen-bond donors (Lipinski definition) is 2. The number of oxime groups is 1. The molecule has 0 fully saturated rings. The Kier molecular flexibility index (Phi) is 7.41. The summed E-state index contributed by atoms with van der Waals surface area (Å²) < 4.78 is 106. The Morgan fingerprint density at radius 2 is 1.82 bits per heavy atom. The maximum atomic E-state index is 15.0. The van der Waals surface area contributed by atoms with E-state index in [9.17, 15) is 26.3 Å². The number of halogens is 6. The predicted octanol–water partition coefficient (Wildman–Crippen LogP) is 7.04. The van der Waals surface area contributed by atoms with Gasteiger partial charge < -0.3 is 29.9 Å². The van der Waals surface area contributed by atoms with Gasteiger partial charge in [-0.1, -0.05) is 11.2 Å². The van der Waals surface area contributed by atoms with Crippen molar-refractivity contribution in [1.29, 1.82) is 0 Å². The van der Waals surface area contributed by atoms with Crippen molar-refractivity contribution in [1.82, 2.24) is 9.78 Å². The van der Waals surface area contributed by atoms with Gasteiger partial charge >= 0.3 is 12.5 Å². The van der Waals surface area contributed by atoms with Gasteiger partial charge in [-0.15, -0.1) is 8.78 Å². The number of fused-ring (bicyclic) bond motifs is 2. The van der Waals surface area contributed by atoms with Crippen LogP contribution in [0.25, 0.3) is 5.69 Å². The van der Waals surface area contributed by atoms with Crippen LogP contribution in [0.3, 0.4) is 0 Å². The molecule has 45 heavy (non-hydrogen) atoms. The number of rotatable bonds is 7. The second kappa shape index (κ2) is 11.1. The zero-order chi connectivity index (χ0) is 32.1. The molecule has 3 aromatic carbocycles. The number of hydrogen-bond acceptors (Lipinski definition) is 7. The van der Waals surface area contributed by atoms with Crippen LogP contribution in [0.1, 0.15) is 60.1 Å². The highest BCUT2D eigenvalue weighted by molar-refractivity contribution is 5.97. The lowest BCUT2D eigenvalue weighted by Gasteiger charge is -2.26. The first-order chi connectivity index (χ1) is 21.3. The number of nitrogens with zero attached hydrogens (tertiary/aromatic N) is 3. The number of ether oxygens (including phenoxy) is 4. The highest BCUT2D eigenvalue weighted by Crippen LogP contribution is 2.44. The molecule has 0 unspecified atom stereocenters. The van der Waals surface area contributed by atoms with Crippen molar-refractivity contribution in [2.45, 2.75) is 50.9 Å². The summed E-state index contributed by atoms with van der Waals surface area (Å²) in [5, 5.41) is 15.7. The van der Waals surface area contributed by atoms with Crippen molar-refractivity contribution in [3.63, 3.8) is 0 Å². The minimum Gasteiger partial charge on any atom is -0.484 e. The van der Waals surface area contributed by atoms with Crippen LogP contribution in [0.5, 0.6) is 23.0 Å². The number of nitrogens with two attached hydrogens (primary N) is 1. The summed E-state index contributed by atoms with van der Waals surface area (Å²) in [6.07, 6.45) is -9.49. The van der Waals surface area contributed by atoms with Gasteiger partial charge in [-0.25, -0.2) is 9.07 Å². The minimum absolute atomic E-state index is 0.0376. The molecule has 2 atom stereocenters. The molecule has 236 valence electrons. The van der Waals surface area contributed by atoms with Crippen LogP contribution in [-0.4, -0.2) is 27.1 Å². The van der Waals surface area contributed by atoms with Gasteiger partial charge in [0.05, 0.1) is 11.4 Å². The quantitative estimate of drug-likeness (QED) is 0.0737. The third-order valence-electron chi connectivity index (χ3n) is 7.38. The molecule has 4 aromatic rings. The van der Waals surface area contributed by atoms with Crippen LogP contribution in [0.2, 0.25) is 0 Å². The van der Waals surface area contributed by atoms with E-state index in [-0.39, 0.29) is 46.4 Å². The monoisotopic (exact) mass is 634 g/mol. The van der Waals surface area contributed by atoms with E-state index in [1.807, 2.05) is 0 Å². The molecule has 1 aliphatic heterocycles. The molecule has 0 saturated heterocycles. The second-order valence-corrected chi connectivity index (χ2v) is 10.4. The lowest BCUT2D eigenvalue weighted by atomic mass is 9.93. The first kappa shape index (κ1) is 30.0. The van der Waals surface area contributed by atoms with Gasteiger partial charge in [-0.2, -0.15) is 18.3 Å². The Morgan fingerprint density at radius 3 is 2.53 bits per heavy atom. The van der Waals surface area contributed by atoms with Crippen molar-refractivity contribution in [2.75, 3.05) is 0 Å². The molecule has 0 amide bonds. The molecule has 3 N–H and O–H groups in total. The largest absolute Gasteiger partial charge is 0.586 e. The highest BCUT2D eigenvalue weighted by Gasteiger charge is 2.44. The molecule has 0 radical (unpaired) electrons. The fraction of sp³-hybridized carbons (Fsp3) is 0.267. The Balaban J connectivity index is 1.33. The molecule has 2 aliphatic rings. The van der Waals surface area contributed by atoms with Gasteiger partial charge in [0.15, 0.2) is 34.6 Å². The Morgan fingerprint density at radius 1 is 1.09 bits per heavy atom. The summed E-state index contributed by atoms with van der Waals surface area (Å²) >= 11 is 0. The maximum absolute atomic E-state index is 15.0. The first-order valence-electron chi connectivity index (χ1n) is 13.6. The molecule has 2 heterocycles. The molecule has 1 aliphatic carbocycles. The number of amidine groups is 1. The van der Waals surface area contributed by atoms with Crippen LogP contribution < -0.4 is 24.7 Å². The van der Waals surface area contributed by atoms with Crippen molar-refractivity contribution in [3.8, 4) is 28.7 Å². The standard InChI is InChI=1S/C30H24F6N4O5/c1-15(17-7-12-22-25(13-17)45-30(35,36)44-22)42-24-14-18(8-11-21(24)31)40-26-20(27(38-40)29(32,33)34)3-2-4-23(26)43-19-9-5-16(6-10-19)28(37)39-41/h5-15,23,41H,2-4H2,1H3,(H2,37,39)/t15-,23-/m0/s1. The van der Waals surface area contributed by atoms with E-state index in [2.05, 4.69) is 19.7 Å². The molecular formula is C30H24F6N4O5. The van der Waals surface area contributed by atoms with E-state index >= 15 is 0 Å². The lowest BCUT2D eigenvalue weighted by Crippen LogP contribution is -2.25. The molecule has 15 heteroatoms. The van der Waals surface area contributed by atoms with E-state index in [0.717, 1.165) is 10.7 Å². The summed E-state index contributed by atoms with van der Waals surface area (Å²) in [5.41, 5.74) is 5.47. The predicted molar refractivity (Wildman–Crippen MR) is 145 cm³/mol. The van der Waals surface area contributed by atoms with Gasteiger partial charge in [-0.3, -0.25) is 0 Å². The first-order valence-corrected chi connectivity index (χ1v) is 13.6. The topological polar surface area (TPSA) is 113 Å². The molecule has 9 nitrogen and oxygen atoms in total. The third-order valence-corrected chi connectivity index (χ3v) is 7.38. The van der Waals surface area contributed by atoms with Gasteiger partial charge in [0.1, 0.15) is 18.0 Å². The molecule has 0 saturated carbocycles. The fourth-order valence-electron chi connectivity index (χ4n) is 5.30. The van der Waals surface area contributed by atoms with Gasteiger partial charge in [0.2, 0.25) is 0 Å². The average Bonchev–Trinajstić information content (AvgIpc) is 3.55. The van der Waals surface area contributed by atoms with Crippen molar-refractivity contribution in [3.05, 3.63) is 94.6 Å². The molecule has 1 aromatic heterocycles. The minimum atomic E-state index is -4.77. The van der Waals surface area contributed by atoms with Gasteiger partial charge in [0.25, 0.3) is 0 Å². The summed E-state index contributed by atoms with van der Waals surface area (Å²) in [6, 6.07) is 13.6. The van der Waals surface area contributed by atoms with Crippen LogP contribution in [0.15, 0.2) is 65.8 Å². The third kappa shape index (κ3) is 5.89. The van der Waals surface area contributed by atoms with E-state index < -0.39 is 36.2 Å². The van der Waals surface area contributed by atoms with Crippen molar-refractivity contribution in [2.24, 2.45) is 10.9 Å². The fourth-order valence-corrected chi connectivity index (χ4v) is 5.30. The van der Waals surface area contributed by atoms with E-state index in [4.69, 9.17) is 20.4 Å². The van der Waals surface area contributed by atoms with Crippen molar-refractivity contribution < 1.29 is 50.5 Å². The number of benzene rings is 3. The zero-order valence-corrected chi connectivity index (χ0v) is 23.3. The van der Waals surface area contributed by atoms with Crippen LogP contribution >= 0.6 is 0 Å². The SMILES string of the molecule is C[C@H](Oc1cc(-n2nc(C(F)(F)F)c3c2[C@@H](Oc2ccc(C(N)=NO)cc2)CCC3)ccc1F)c1ccc2c(c1)OC(F)(F)O2. The summed E-state index contributed by atoms with van der Waals surface area (Å²) in [4.78, 5) is 0.